The quantitative estimate of drug-likeness (QED) is 0.821. The number of carbonyl (C=O) groups excluding carboxylic acids is 1. The molecular formula is C13H23N7O. The predicted octanol–water partition coefficient (Wildman–Crippen LogP) is 0.0379. The molecule has 0 unspecified atom stereocenters. The number of rotatable bonds is 5. The molecule has 0 aromatic carbocycles. The molecule has 0 radical (unpaired) electrons. The third-order valence-corrected chi connectivity index (χ3v) is 3.44. The monoisotopic (exact) mass is 293 g/mol. The summed E-state index contributed by atoms with van der Waals surface area (Å²) in [7, 11) is 7.05. The summed E-state index contributed by atoms with van der Waals surface area (Å²) in [6, 6.07) is 0. The number of hydrogen-bond donors (Lipinski definition) is 1. The molecule has 1 aromatic rings. The summed E-state index contributed by atoms with van der Waals surface area (Å²) in [5.41, 5.74) is 0. The number of likely N-dealkylation sites (N-methyl/N-ethyl adjacent to an activating group) is 2. The molecule has 1 amide bonds. The average molecular weight is 293 g/mol. The van der Waals surface area contributed by atoms with E-state index >= 15 is 0 Å². The van der Waals surface area contributed by atoms with Gasteiger partial charge in [-0.1, -0.05) is 0 Å². The fraction of sp³-hybridized carbons (Fsp3) is 0.692. The summed E-state index contributed by atoms with van der Waals surface area (Å²) in [6.45, 7) is 2.17. The Balaban J connectivity index is 2.21. The lowest BCUT2D eigenvalue weighted by molar-refractivity contribution is -0.127. The number of amides is 1. The molecule has 2 heterocycles. The van der Waals surface area contributed by atoms with Crippen molar-refractivity contribution in [3.63, 3.8) is 0 Å². The van der Waals surface area contributed by atoms with Gasteiger partial charge in [-0.25, -0.2) is 0 Å². The highest BCUT2D eigenvalue weighted by Crippen LogP contribution is 2.19. The van der Waals surface area contributed by atoms with Gasteiger partial charge in [0.25, 0.3) is 0 Å². The number of aromatic nitrogens is 3. The maximum atomic E-state index is 11.8. The van der Waals surface area contributed by atoms with E-state index in [0.717, 1.165) is 25.9 Å². The summed E-state index contributed by atoms with van der Waals surface area (Å²) in [4.78, 5) is 30.5. The molecule has 1 aliphatic heterocycles. The predicted molar refractivity (Wildman–Crippen MR) is 82.8 cm³/mol. The molecule has 2 rings (SSSR count). The molecule has 0 bridgehead atoms. The number of nitrogens with one attached hydrogen (secondary N) is 1. The van der Waals surface area contributed by atoms with Gasteiger partial charge in [0.2, 0.25) is 23.8 Å². The summed E-state index contributed by atoms with van der Waals surface area (Å²) < 4.78 is 0. The molecule has 1 N–H and O–H groups in total. The third kappa shape index (κ3) is 3.71. The van der Waals surface area contributed by atoms with Crippen molar-refractivity contribution in [3.05, 3.63) is 0 Å². The zero-order valence-corrected chi connectivity index (χ0v) is 13.1. The van der Waals surface area contributed by atoms with E-state index in [-0.39, 0.29) is 12.5 Å². The number of carbonyl (C=O) groups is 1. The minimum absolute atomic E-state index is 0.00615. The molecule has 1 aliphatic rings. The minimum Gasteiger partial charge on any atom is -0.357 e. The lowest BCUT2D eigenvalue weighted by Crippen LogP contribution is -2.35. The molecule has 0 spiro atoms. The van der Waals surface area contributed by atoms with Gasteiger partial charge < -0.3 is 20.0 Å². The maximum absolute atomic E-state index is 11.8. The van der Waals surface area contributed by atoms with Gasteiger partial charge in [-0.15, -0.1) is 0 Å². The minimum atomic E-state index is 0.00615. The highest BCUT2D eigenvalue weighted by Gasteiger charge is 2.19. The smallest absolute Gasteiger partial charge is 0.241 e. The summed E-state index contributed by atoms with van der Waals surface area (Å²) in [5, 5.41) is 2.95. The SMILES string of the molecule is CNc1nc(N(C)CC(=O)N(C)C)nc(N2CCCC2)n1. The Morgan fingerprint density at radius 2 is 1.86 bits per heavy atom. The van der Waals surface area contributed by atoms with Crippen LogP contribution in [0.25, 0.3) is 0 Å². The Bertz CT molecular complexity index is 499. The largest absolute Gasteiger partial charge is 0.357 e. The van der Waals surface area contributed by atoms with E-state index in [0.29, 0.717) is 17.8 Å². The van der Waals surface area contributed by atoms with Crippen LogP contribution in [-0.4, -0.2) is 73.6 Å². The highest BCUT2D eigenvalue weighted by molar-refractivity contribution is 5.80. The average Bonchev–Trinajstić information content (AvgIpc) is 3.00. The van der Waals surface area contributed by atoms with Crippen molar-refractivity contribution in [2.75, 3.05) is 62.9 Å². The van der Waals surface area contributed by atoms with Crippen LogP contribution in [0.5, 0.6) is 0 Å². The number of anilines is 3. The van der Waals surface area contributed by atoms with E-state index in [1.807, 2.05) is 7.05 Å². The van der Waals surface area contributed by atoms with Crippen molar-refractivity contribution < 1.29 is 4.79 Å². The van der Waals surface area contributed by atoms with E-state index < -0.39 is 0 Å². The summed E-state index contributed by atoms with van der Waals surface area (Å²) in [6.07, 6.45) is 2.32. The van der Waals surface area contributed by atoms with Crippen LogP contribution in [0.2, 0.25) is 0 Å². The van der Waals surface area contributed by atoms with Crippen LogP contribution >= 0.6 is 0 Å². The van der Waals surface area contributed by atoms with Crippen LogP contribution in [-0.2, 0) is 4.79 Å². The van der Waals surface area contributed by atoms with Crippen molar-refractivity contribution in [3.8, 4) is 0 Å². The van der Waals surface area contributed by atoms with Gasteiger partial charge in [-0.3, -0.25) is 4.79 Å². The van der Waals surface area contributed by atoms with Gasteiger partial charge in [0.05, 0.1) is 6.54 Å². The Hall–Kier alpha value is -2.12. The van der Waals surface area contributed by atoms with Crippen LogP contribution in [0.1, 0.15) is 12.8 Å². The first-order valence-corrected chi connectivity index (χ1v) is 7.11. The second kappa shape index (κ2) is 6.55. The van der Waals surface area contributed by atoms with Gasteiger partial charge in [-0.05, 0) is 12.8 Å². The van der Waals surface area contributed by atoms with Crippen LogP contribution < -0.4 is 15.1 Å². The fourth-order valence-corrected chi connectivity index (χ4v) is 2.11. The molecule has 0 saturated carbocycles. The number of hydrogen-bond acceptors (Lipinski definition) is 7. The Morgan fingerprint density at radius 3 is 2.43 bits per heavy atom. The topological polar surface area (TPSA) is 77.5 Å². The van der Waals surface area contributed by atoms with Crippen LogP contribution in [0, 0.1) is 0 Å². The maximum Gasteiger partial charge on any atom is 0.241 e. The molecule has 1 aromatic heterocycles. The van der Waals surface area contributed by atoms with Gasteiger partial charge in [0.1, 0.15) is 0 Å². The van der Waals surface area contributed by atoms with E-state index in [2.05, 4.69) is 25.2 Å². The molecule has 0 aliphatic carbocycles. The lowest BCUT2D eigenvalue weighted by atomic mass is 10.4. The van der Waals surface area contributed by atoms with Gasteiger partial charge in [0, 0.05) is 41.3 Å². The molecule has 0 atom stereocenters. The van der Waals surface area contributed by atoms with Crippen molar-refractivity contribution >= 4 is 23.8 Å². The second-order valence-corrected chi connectivity index (χ2v) is 5.35. The number of nitrogens with zero attached hydrogens (tertiary/aromatic N) is 6. The van der Waals surface area contributed by atoms with Gasteiger partial charge in [-0.2, -0.15) is 15.0 Å². The van der Waals surface area contributed by atoms with Gasteiger partial charge >= 0.3 is 0 Å². The highest BCUT2D eigenvalue weighted by atomic mass is 16.2. The Labute approximate surface area is 125 Å². The van der Waals surface area contributed by atoms with Crippen LogP contribution in [0.15, 0.2) is 0 Å². The standard InChI is InChI=1S/C13H23N7O/c1-14-11-15-12(19(4)9-10(21)18(2)3)17-13(16-11)20-7-5-6-8-20/h5-9H2,1-4H3,(H,14,15,16,17). The first-order chi connectivity index (χ1) is 10.0. The van der Waals surface area contributed by atoms with E-state index in [9.17, 15) is 4.79 Å². The molecule has 21 heavy (non-hydrogen) atoms. The zero-order chi connectivity index (χ0) is 15.4. The molecule has 116 valence electrons. The van der Waals surface area contributed by atoms with Crippen molar-refractivity contribution in [2.45, 2.75) is 12.8 Å². The molecule has 1 fully saturated rings. The zero-order valence-electron chi connectivity index (χ0n) is 13.1. The Kier molecular flexibility index (Phi) is 4.77. The summed E-state index contributed by atoms with van der Waals surface area (Å²) >= 11 is 0. The van der Waals surface area contributed by atoms with E-state index in [1.54, 1.807) is 30.9 Å². The molecule has 8 nitrogen and oxygen atoms in total. The van der Waals surface area contributed by atoms with Crippen LogP contribution in [0.4, 0.5) is 17.8 Å². The van der Waals surface area contributed by atoms with Crippen LogP contribution in [0.3, 0.4) is 0 Å². The van der Waals surface area contributed by atoms with Crippen molar-refractivity contribution in [2.24, 2.45) is 0 Å². The molecule has 1 saturated heterocycles. The van der Waals surface area contributed by atoms with Crippen molar-refractivity contribution in [1.82, 2.24) is 19.9 Å². The van der Waals surface area contributed by atoms with Gasteiger partial charge in [0.15, 0.2) is 0 Å². The summed E-state index contributed by atoms with van der Waals surface area (Å²) in [5.74, 6) is 1.70. The second-order valence-electron chi connectivity index (χ2n) is 5.35. The van der Waals surface area contributed by atoms with Crippen molar-refractivity contribution in [1.29, 1.82) is 0 Å². The fourth-order valence-electron chi connectivity index (χ4n) is 2.11. The lowest BCUT2D eigenvalue weighted by Gasteiger charge is -2.22. The van der Waals surface area contributed by atoms with E-state index in [1.165, 1.54) is 0 Å². The normalized spacial score (nSPS) is 14.2. The molecular weight excluding hydrogens is 270 g/mol. The van der Waals surface area contributed by atoms with E-state index in [4.69, 9.17) is 0 Å². The Morgan fingerprint density at radius 1 is 1.19 bits per heavy atom. The molecule has 8 heteroatoms. The third-order valence-electron chi connectivity index (χ3n) is 3.44. The first-order valence-electron chi connectivity index (χ1n) is 7.11. The first kappa shape index (κ1) is 15.3.